The van der Waals surface area contributed by atoms with Gasteiger partial charge in [0, 0.05) is 17.7 Å². The molecular formula is C22H22INO4. The van der Waals surface area contributed by atoms with Gasteiger partial charge < -0.3 is 38.2 Å². The second-order valence-electron chi connectivity index (χ2n) is 7.24. The van der Waals surface area contributed by atoms with E-state index >= 15 is 0 Å². The van der Waals surface area contributed by atoms with Crippen molar-refractivity contribution in [2.24, 2.45) is 0 Å². The fourth-order valence-corrected chi connectivity index (χ4v) is 3.77. The highest BCUT2D eigenvalue weighted by Crippen LogP contribution is 2.40. The molecule has 28 heavy (non-hydrogen) atoms. The lowest BCUT2D eigenvalue weighted by Gasteiger charge is -2.16. The lowest BCUT2D eigenvalue weighted by atomic mass is 9.80. The fraction of sp³-hybridized carbons (Fsp3) is 0.273. The normalized spacial score (nSPS) is 16.1. The molecule has 5 nitrogen and oxygen atoms in total. The van der Waals surface area contributed by atoms with Crippen molar-refractivity contribution in [3.8, 4) is 11.5 Å². The first kappa shape index (κ1) is 20.4. The van der Waals surface area contributed by atoms with Crippen LogP contribution >= 0.6 is 0 Å². The summed E-state index contributed by atoms with van der Waals surface area (Å²) < 4.78 is 17.8. The van der Waals surface area contributed by atoms with Gasteiger partial charge in [-0.25, -0.2) is 4.79 Å². The minimum atomic E-state index is -0.319. The Balaban J connectivity index is 0.00000225. The van der Waals surface area contributed by atoms with Crippen molar-refractivity contribution in [2.45, 2.75) is 19.3 Å². The molecule has 0 spiro atoms. The maximum absolute atomic E-state index is 11.9. The van der Waals surface area contributed by atoms with E-state index in [2.05, 4.69) is 30.6 Å². The van der Waals surface area contributed by atoms with Crippen molar-refractivity contribution in [3.05, 3.63) is 59.2 Å². The number of halogens is 1. The number of esters is 1. The molecule has 0 unspecified atom stereocenters. The number of fused-ring (bicyclic) bond motifs is 2. The number of hydrogen-bond donors (Lipinski definition) is 0. The van der Waals surface area contributed by atoms with Gasteiger partial charge in [-0.05, 0) is 49.8 Å². The summed E-state index contributed by atoms with van der Waals surface area (Å²) in [7, 11) is 3.45. The number of carbonyl (C=O) groups is 1. The Morgan fingerprint density at radius 1 is 1.11 bits per heavy atom. The van der Waals surface area contributed by atoms with Gasteiger partial charge in [0.2, 0.25) is 12.5 Å². The predicted octanol–water partition coefficient (Wildman–Crippen LogP) is 0.925. The van der Waals surface area contributed by atoms with E-state index in [1.165, 1.54) is 7.11 Å². The van der Waals surface area contributed by atoms with Crippen molar-refractivity contribution in [2.75, 3.05) is 21.0 Å². The molecule has 2 aromatic carbocycles. The Labute approximate surface area is 181 Å². The summed E-state index contributed by atoms with van der Waals surface area (Å²) >= 11 is 0. The van der Waals surface area contributed by atoms with Crippen molar-refractivity contribution in [3.63, 3.8) is 0 Å². The summed E-state index contributed by atoms with van der Waals surface area (Å²) in [5, 5.41) is 0. The molecule has 4 rings (SSSR count). The van der Waals surface area contributed by atoms with Gasteiger partial charge in [0.1, 0.15) is 7.05 Å². The number of methoxy groups -OCH3 is 1. The SMILES string of the molecule is COC(=O)c1ccc2c(c1)C(C)(C)C(/C=C/c1ccc3c(c1)OCO3)=[N+]2C.[I-]. The maximum atomic E-state index is 11.9. The average Bonchev–Trinajstić information content (AvgIpc) is 3.20. The summed E-state index contributed by atoms with van der Waals surface area (Å²) in [4.78, 5) is 11.9. The zero-order valence-electron chi connectivity index (χ0n) is 16.3. The number of carbonyl (C=O) groups excluding carboxylic acids is 1. The summed E-state index contributed by atoms with van der Waals surface area (Å²) in [5.41, 5.74) is 4.73. The molecule has 0 amide bonds. The largest absolute Gasteiger partial charge is 1.00 e. The van der Waals surface area contributed by atoms with Crippen LogP contribution in [0, 0.1) is 0 Å². The van der Waals surface area contributed by atoms with Gasteiger partial charge >= 0.3 is 5.97 Å². The van der Waals surface area contributed by atoms with E-state index in [0.717, 1.165) is 34.0 Å². The third-order valence-electron chi connectivity index (χ3n) is 5.28. The first-order valence-electron chi connectivity index (χ1n) is 8.83. The fourth-order valence-electron chi connectivity index (χ4n) is 3.77. The van der Waals surface area contributed by atoms with Crippen LogP contribution in [0.5, 0.6) is 11.5 Å². The van der Waals surface area contributed by atoms with E-state index in [1.807, 2.05) is 43.4 Å². The molecule has 0 radical (unpaired) electrons. The molecule has 0 fully saturated rings. The highest BCUT2D eigenvalue weighted by Gasteiger charge is 2.43. The van der Waals surface area contributed by atoms with Crippen molar-refractivity contribution >= 4 is 23.4 Å². The molecule has 0 aliphatic carbocycles. The Hall–Kier alpha value is -2.35. The number of benzene rings is 2. The molecule has 6 heteroatoms. The van der Waals surface area contributed by atoms with Crippen molar-refractivity contribution in [1.82, 2.24) is 0 Å². The molecule has 0 N–H and O–H groups in total. The standard InChI is InChI=1S/C22H22NO4.HI/c1-22(2)16-12-15(21(24)25-4)7-8-17(16)23(3)20(22)10-6-14-5-9-18-19(11-14)27-13-26-18;/h5-12H,13H2,1-4H3;1H/q+1;/p-1/b10-6+;. The summed E-state index contributed by atoms with van der Waals surface area (Å²) in [6.45, 7) is 4.60. The number of rotatable bonds is 3. The van der Waals surface area contributed by atoms with Crippen LogP contribution in [0.15, 0.2) is 42.5 Å². The highest BCUT2D eigenvalue weighted by molar-refractivity contribution is 6.06. The second kappa shape index (κ2) is 7.58. The molecule has 2 heterocycles. The van der Waals surface area contributed by atoms with Gasteiger partial charge in [0.25, 0.3) is 0 Å². The molecule has 0 bridgehead atoms. The summed E-state index contributed by atoms with van der Waals surface area (Å²) in [5.74, 6) is 1.23. The molecule has 2 aliphatic rings. The molecule has 0 saturated heterocycles. The topological polar surface area (TPSA) is 47.8 Å². The van der Waals surface area contributed by atoms with Crippen LogP contribution in [0.2, 0.25) is 0 Å². The Morgan fingerprint density at radius 2 is 1.86 bits per heavy atom. The van der Waals surface area contributed by atoms with Crippen molar-refractivity contribution in [1.29, 1.82) is 0 Å². The van der Waals surface area contributed by atoms with Gasteiger partial charge in [0.05, 0.1) is 18.1 Å². The summed E-state index contributed by atoms with van der Waals surface area (Å²) in [6, 6.07) is 11.6. The number of hydrogen-bond acceptors (Lipinski definition) is 4. The van der Waals surface area contributed by atoms with Crippen LogP contribution in [0.3, 0.4) is 0 Å². The predicted molar refractivity (Wildman–Crippen MR) is 103 cm³/mol. The molecule has 146 valence electrons. The van der Waals surface area contributed by atoms with E-state index in [0.29, 0.717) is 5.56 Å². The van der Waals surface area contributed by atoms with Crippen LogP contribution in [0.25, 0.3) is 6.08 Å². The first-order chi connectivity index (χ1) is 12.9. The van der Waals surface area contributed by atoms with Crippen LogP contribution in [0.4, 0.5) is 5.69 Å². The Kier molecular flexibility index (Phi) is 5.52. The smallest absolute Gasteiger partial charge is 0.337 e. The minimum absolute atomic E-state index is 0. The molecular weight excluding hydrogens is 469 g/mol. The highest BCUT2D eigenvalue weighted by atomic mass is 127. The molecule has 0 aromatic heterocycles. The van der Waals surface area contributed by atoms with Crippen LogP contribution < -0.4 is 33.5 Å². The number of nitrogens with zero attached hydrogens (tertiary/aromatic N) is 1. The number of allylic oxidation sites excluding steroid dienone is 1. The van der Waals surface area contributed by atoms with E-state index in [4.69, 9.17) is 14.2 Å². The molecule has 2 aromatic rings. The third-order valence-corrected chi connectivity index (χ3v) is 5.28. The second-order valence-corrected chi connectivity index (χ2v) is 7.24. The Morgan fingerprint density at radius 3 is 2.61 bits per heavy atom. The lowest BCUT2D eigenvalue weighted by molar-refractivity contribution is -0.401. The van der Waals surface area contributed by atoms with Gasteiger partial charge in [-0.15, -0.1) is 0 Å². The zero-order valence-corrected chi connectivity index (χ0v) is 18.4. The summed E-state index contributed by atoms with van der Waals surface area (Å²) in [6.07, 6.45) is 4.19. The van der Waals surface area contributed by atoms with Crippen molar-refractivity contribution < 1.29 is 47.6 Å². The minimum Gasteiger partial charge on any atom is -1.00 e. The Bertz CT molecular complexity index is 1010. The molecule has 2 aliphatic heterocycles. The van der Waals surface area contributed by atoms with E-state index in [-0.39, 0.29) is 42.2 Å². The van der Waals surface area contributed by atoms with Crippen LogP contribution in [-0.2, 0) is 10.2 Å². The van der Waals surface area contributed by atoms with Gasteiger partial charge in [-0.2, -0.15) is 4.58 Å². The van der Waals surface area contributed by atoms with E-state index in [9.17, 15) is 4.79 Å². The first-order valence-corrected chi connectivity index (χ1v) is 8.83. The average molecular weight is 491 g/mol. The maximum Gasteiger partial charge on any atom is 0.337 e. The quantitative estimate of drug-likeness (QED) is 0.364. The van der Waals surface area contributed by atoms with Gasteiger partial charge in [-0.1, -0.05) is 6.07 Å². The monoisotopic (exact) mass is 491 g/mol. The molecule has 0 saturated carbocycles. The lowest BCUT2D eigenvalue weighted by Crippen LogP contribution is -3.00. The van der Waals surface area contributed by atoms with E-state index < -0.39 is 0 Å². The zero-order chi connectivity index (χ0) is 19.2. The van der Waals surface area contributed by atoms with Gasteiger partial charge in [0.15, 0.2) is 17.2 Å². The third kappa shape index (κ3) is 3.30. The number of ether oxygens (including phenoxy) is 3. The van der Waals surface area contributed by atoms with Crippen LogP contribution in [0.1, 0.15) is 35.3 Å². The van der Waals surface area contributed by atoms with Gasteiger partial charge in [-0.3, -0.25) is 0 Å². The van der Waals surface area contributed by atoms with Crippen LogP contribution in [-0.4, -0.2) is 37.2 Å². The van der Waals surface area contributed by atoms with E-state index in [1.54, 1.807) is 0 Å². The molecule has 0 atom stereocenters.